The van der Waals surface area contributed by atoms with Gasteiger partial charge in [-0.2, -0.15) is 0 Å². The molecule has 1 saturated carbocycles. The minimum Gasteiger partial charge on any atom is -0.481 e. The van der Waals surface area contributed by atoms with Gasteiger partial charge in [0.15, 0.2) is 0 Å². The van der Waals surface area contributed by atoms with E-state index in [9.17, 15) is 14.0 Å². The molecule has 4 nitrogen and oxygen atoms in total. The molecule has 1 aliphatic carbocycles. The summed E-state index contributed by atoms with van der Waals surface area (Å²) < 4.78 is 13.6. The van der Waals surface area contributed by atoms with Gasteiger partial charge in [-0.3, -0.25) is 9.59 Å². The maximum absolute atomic E-state index is 13.6. The van der Waals surface area contributed by atoms with E-state index in [1.54, 1.807) is 0 Å². The number of carboxylic acid groups (broad SMARTS) is 1. The molecule has 0 spiro atoms. The summed E-state index contributed by atoms with van der Waals surface area (Å²) in [6, 6.07) is 4.07. The summed E-state index contributed by atoms with van der Waals surface area (Å²) in [6.07, 6.45) is 0.466. The van der Waals surface area contributed by atoms with E-state index in [1.807, 2.05) is 13.8 Å². The first kappa shape index (κ1) is 13.5. The van der Waals surface area contributed by atoms with Crippen LogP contribution in [0.15, 0.2) is 18.2 Å². The number of carboxylic acids is 1. The fourth-order valence-corrected chi connectivity index (χ4v) is 2.08. The Labute approximate surface area is 110 Å². The second kappa shape index (κ2) is 4.64. The summed E-state index contributed by atoms with van der Waals surface area (Å²) in [5.41, 5.74) is 0.489. The number of rotatable bonds is 4. The van der Waals surface area contributed by atoms with E-state index in [2.05, 4.69) is 5.32 Å². The highest BCUT2D eigenvalue weighted by Gasteiger charge is 2.50. The second-order valence-corrected chi connectivity index (χ2v) is 5.61. The van der Waals surface area contributed by atoms with Crippen molar-refractivity contribution >= 4 is 17.6 Å². The molecular weight excluding hydrogens is 249 g/mol. The molecule has 0 saturated heterocycles. The lowest BCUT2D eigenvalue weighted by Gasteiger charge is -2.08. The summed E-state index contributed by atoms with van der Waals surface area (Å²) >= 11 is 0. The predicted molar refractivity (Wildman–Crippen MR) is 68.3 cm³/mol. The fourth-order valence-electron chi connectivity index (χ4n) is 2.08. The number of anilines is 1. The SMILES string of the molecule is CC1(C)CC1C(=O)Nc1ccc(CC(=O)O)c(F)c1. The molecule has 0 bridgehead atoms. The van der Waals surface area contributed by atoms with Crippen LogP contribution in [0.5, 0.6) is 0 Å². The molecule has 1 amide bonds. The van der Waals surface area contributed by atoms with Gasteiger partial charge in [0.1, 0.15) is 5.82 Å². The van der Waals surface area contributed by atoms with Crippen molar-refractivity contribution in [2.24, 2.45) is 11.3 Å². The highest BCUT2D eigenvalue weighted by atomic mass is 19.1. The normalized spacial score (nSPS) is 19.8. The van der Waals surface area contributed by atoms with Gasteiger partial charge in [-0.1, -0.05) is 19.9 Å². The summed E-state index contributed by atoms with van der Waals surface area (Å²) in [4.78, 5) is 22.4. The standard InChI is InChI=1S/C14H16FNO3/c1-14(2)7-10(14)13(19)16-9-4-3-8(5-12(17)18)11(15)6-9/h3-4,6,10H,5,7H2,1-2H3,(H,16,19)(H,17,18). The average Bonchev–Trinajstić information content (AvgIpc) is 2.91. The Morgan fingerprint density at radius 1 is 1.47 bits per heavy atom. The Morgan fingerprint density at radius 3 is 2.58 bits per heavy atom. The molecule has 2 rings (SSSR count). The van der Waals surface area contributed by atoms with Crippen LogP contribution < -0.4 is 5.32 Å². The van der Waals surface area contributed by atoms with Crippen LogP contribution in [0, 0.1) is 17.2 Å². The van der Waals surface area contributed by atoms with Crippen LogP contribution >= 0.6 is 0 Å². The molecule has 1 aromatic carbocycles. The van der Waals surface area contributed by atoms with Gasteiger partial charge in [-0.15, -0.1) is 0 Å². The van der Waals surface area contributed by atoms with Gasteiger partial charge in [0.25, 0.3) is 0 Å². The molecule has 19 heavy (non-hydrogen) atoms. The van der Waals surface area contributed by atoms with Crippen molar-refractivity contribution in [2.45, 2.75) is 26.7 Å². The lowest BCUT2D eigenvalue weighted by molar-refractivity contribution is -0.136. The predicted octanol–water partition coefficient (Wildman–Crippen LogP) is 2.44. The average molecular weight is 265 g/mol. The largest absolute Gasteiger partial charge is 0.481 e. The van der Waals surface area contributed by atoms with Crippen molar-refractivity contribution in [3.63, 3.8) is 0 Å². The van der Waals surface area contributed by atoms with E-state index in [-0.39, 0.29) is 29.2 Å². The summed E-state index contributed by atoms with van der Waals surface area (Å²) in [5, 5.41) is 11.3. The Bertz CT molecular complexity index is 539. The van der Waals surface area contributed by atoms with Crippen LogP contribution in [0.4, 0.5) is 10.1 Å². The van der Waals surface area contributed by atoms with Gasteiger partial charge in [0, 0.05) is 11.6 Å². The highest BCUT2D eigenvalue weighted by Crippen LogP contribution is 2.51. The first-order valence-electron chi connectivity index (χ1n) is 6.11. The van der Waals surface area contributed by atoms with Crippen molar-refractivity contribution in [3.8, 4) is 0 Å². The number of aliphatic carboxylic acids is 1. The van der Waals surface area contributed by atoms with Crippen molar-refractivity contribution in [3.05, 3.63) is 29.6 Å². The molecule has 1 fully saturated rings. The molecule has 1 aliphatic rings. The molecule has 0 aromatic heterocycles. The maximum atomic E-state index is 13.6. The first-order chi connectivity index (χ1) is 8.79. The van der Waals surface area contributed by atoms with Crippen molar-refractivity contribution in [1.29, 1.82) is 0 Å². The van der Waals surface area contributed by atoms with Crippen LogP contribution in [0.3, 0.4) is 0 Å². The van der Waals surface area contributed by atoms with E-state index in [0.29, 0.717) is 5.69 Å². The van der Waals surface area contributed by atoms with Crippen LogP contribution in [-0.4, -0.2) is 17.0 Å². The molecule has 1 aromatic rings. The Hall–Kier alpha value is -1.91. The van der Waals surface area contributed by atoms with Gasteiger partial charge in [0.2, 0.25) is 5.91 Å². The van der Waals surface area contributed by atoms with E-state index in [4.69, 9.17) is 5.11 Å². The molecule has 102 valence electrons. The van der Waals surface area contributed by atoms with Crippen LogP contribution in [-0.2, 0) is 16.0 Å². The van der Waals surface area contributed by atoms with Crippen LogP contribution in [0.2, 0.25) is 0 Å². The number of benzene rings is 1. The van der Waals surface area contributed by atoms with Crippen LogP contribution in [0.1, 0.15) is 25.8 Å². The van der Waals surface area contributed by atoms with Crippen molar-refractivity contribution in [1.82, 2.24) is 0 Å². The summed E-state index contributed by atoms with van der Waals surface area (Å²) in [5.74, 6) is -1.85. The monoisotopic (exact) mass is 265 g/mol. The second-order valence-electron chi connectivity index (χ2n) is 5.61. The van der Waals surface area contributed by atoms with Crippen LogP contribution in [0.25, 0.3) is 0 Å². The first-order valence-corrected chi connectivity index (χ1v) is 6.11. The molecule has 1 atom stereocenters. The quantitative estimate of drug-likeness (QED) is 0.878. The minimum absolute atomic E-state index is 0.0197. The van der Waals surface area contributed by atoms with E-state index >= 15 is 0 Å². The van der Waals surface area contributed by atoms with E-state index < -0.39 is 11.8 Å². The molecule has 1 unspecified atom stereocenters. The molecule has 2 N–H and O–H groups in total. The van der Waals surface area contributed by atoms with Gasteiger partial charge in [0.05, 0.1) is 6.42 Å². The topological polar surface area (TPSA) is 66.4 Å². The fraction of sp³-hybridized carbons (Fsp3) is 0.429. The maximum Gasteiger partial charge on any atom is 0.307 e. The van der Waals surface area contributed by atoms with Gasteiger partial charge in [-0.25, -0.2) is 4.39 Å². The number of hydrogen-bond donors (Lipinski definition) is 2. The number of hydrogen-bond acceptors (Lipinski definition) is 2. The molecule has 5 heteroatoms. The highest BCUT2D eigenvalue weighted by molar-refractivity contribution is 5.95. The molecule has 0 aliphatic heterocycles. The molecular formula is C14H16FNO3. The lowest BCUT2D eigenvalue weighted by atomic mass is 10.1. The third kappa shape index (κ3) is 3.10. The van der Waals surface area contributed by atoms with Gasteiger partial charge in [-0.05, 0) is 29.5 Å². The van der Waals surface area contributed by atoms with E-state index in [1.165, 1.54) is 12.1 Å². The van der Waals surface area contributed by atoms with Crippen molar-refractivity contribution in [2.75, 3.05) is 5.32 Å². The lowest BCUT2D eigenvalue weighted by Crippen LogP contribution is -2.16. The molecule has 0 radical (unpaired) electrons. The van der Waals surface area contributed by atoms with E-state index in [0.717, 1.165) is 12.5 Å². The summed E-state index contributed by atoms with van der Waals surface area (Å²) in [7, 11) is 0. The zero-order valence-corrected chi connectivity index (χ0v) is 10.9. The van der Waals surface area contributed by atoms with Gasteiger partial charge >= 0.3 is 5.97 Å². The Morgan fingerprint density at radius 2 is 2.11 bits per heavy atom. The smallest absolute Gasteiger partial charge is 0.307 e. The Balaban J connectivity index is 2.04. The van der Waals surface area contributed by atoms with Gasteiger partial charge < -0.3 is 10.4 Å². The third-order valence-electron chi connectivity index (χ3n) is 3.49. The number of nitrogens with one attached hydrogen (secondary N) is 1. The zero-order valence-electron chi connectivity index (χ0n) is 10.9. The summed E-state index contributed by atoms with van der Waals surface area (Å²) in [6.45, 7) is 4.02. The number of carbonyl (C=O) groups is 2. The molecule has 0 heterocycles. The minimum atomic E-state index is -1.09. The van der Waals surface area contributed by atoms with Crippen molar-refractivity contribution < 1.29 is 19.1 Å². The number of carbonyl (C=O) groups excluding carboxylic acids is 1. The Kier molecular flexibility index (Phi) is 3.30. The number of halogens is 1. The zero-order chi connectivity index (χ0) is 14.2. The third-order valence-corrected chi connectivity index (χ3v) is 3.49. The number of amides is 1.